The van der Waals surface area contributed by atoms with Crippen LogP contribution in [0.25, 0.3) is 21.9 Å². The third kappa shape index (κ3) is 3.68. The van der Waals surface area contributed by atoms with E-state index in [2.05, 4.69) is 36.8 Å². The van der Waals surface area contributed by atoms with Crippen LogP contribution in [0.3, 0.4) is 0 Å². The standard InChI is InChI=1S/C17H11Br2NO3S/c18-11-6-9(7-12(19)16(11)23)5-10(8-15(21)22)17-20-13-3-1-2-4-14(13)24-17/h1-7,23H,8H2,(H,21,22)/b10-5+. The summed E-state index contributed by atoms with van der Waals surface area (Å²) in [5.74, 6) is -0.815. The summed E-state index contributed by atoms with van der Waals surface area (Å²) in [6, 6.07) is 11.2. The number of thiazole rings is 1. The van der Waals surface area contributed by atoms with Gasteiger partial charge in [0.25, 0.3) is 0 Å². The van der Waals surface area contributed by atoms with Gasteiger partial charge in [-0.25, -0.2) is 4.98 Å². The average Bonchev–Trinajstić information content (AvgIpc) is 2.95. The first-order valence-corrected chi connectivity index (χ1v) is 9.30. The van der Waals surface area contributed by atoms with Crippen molar-refractivity contribution in [1.82, 2.24) is 4.98 Å². The van der Waals surface area contributed by atoms with E-state index >= 15 is 0 Å². The first-order chi connectivity index (χ1) is 11.4. The number of aromatic nitrogens is 1. The van der Waals surface area contributed by atoms with Crippen molar-refractivity contribution in [2.24, 2.45) is 0 Å². The van der Waals surface area contributed by atoms with Gasteiger partial charge in [-0.1, -0.05) is 12.1 Å². The number of carboxylic acid groups (broad SMARTS) is 1. The number of phenolic OH excluding ortho intramolecular Hbond substituents is 1. The monoisotopic (exact) mass is 467 g/mol. The van der Waals surface area contributed by atoms with E-state index in [0.29, 0.717) is 19.5 Å². The number of fused-ring (bicyclic) bond motifs is 1. The quantitative estimate of drug-likeness (QED) is 0.527. The second-order valence-electron chi connectivity index (χ2n) is 5.06. The molecule has 2 aromatic carbocycles. The Morgan fingerprint density at radius 3 is 2.50 bits per heavy atom. The highest BCUT2D eigenvalue weighted by atomic mass is 79.9. The lowest BCUT2D eigenvalue weighted by molar-refractivity contribution is -0.135. The highest BCUT2D eigenvalue weighted by Crippen LogP contribution is 2.36. The van der Waals surface area contributed by atoms with Crippen LogP contribution >= 0.6 is 43.2 Å². The van der Waals surface area contributed by atoms with E-state index in [-0.39, 0.29) is 12.2 Å². The van der Waals surface area contributed by atoms with Gasteiger partial charge in [0, 0.05) is 0 Å². The number of halogens is 2. The first kappa shape index (κ1) is 17.1. The molecule has 24 heavy (non-hydrogen) atoms. The highest BCUT2D eigenvalue weighted by Gasteiger charge is 2.13. The summed E-state index contributed by atoms with van der Waals surface area (Å²) in [6.45, 7) is 0. The molecule has 0 radical (unpaired) electrons. The lowest BCUT2D eigenvalue weighted by Gasteiger charge is -2.05. The first-order valence-electron chi connectivity index (χ1n) is 6.90. The van der Waals surface area contributed by atoms with Crippen molar-refractivity contribution in [3.63, 3.8) is 0 Å². The molecule has 2 N–H and O–H groups in total. The molecule has 3 aromatic rings. The van der Waals surface area contributed by atoms with E-state index in [9.17, 15) is 15.0 Å². The molecule has 0 saturated heterocycles. The van der Waals surface area contributed by atoms with Crippen molar-refractivity contribution < 1.29 is 15.0 Å². The maximum absolute atomic E-state index is 11.3. The largest absolute Gasteiger partial charge is 0.506 e. The van der Waals surface area contributed by atoms with Crippen LogP contribution < -0.4 is 0 Å². The Morgan fingerprint density at radius 2 is 1.88 bits per heavy atom. The summed E-state index contributed by atoms with van der Waals surface area (Å²) in [5.41, 5.74) is 2.23. The van der Waals surface area contributed by atoms with Gasteiger partial charge < -0.3 is 10.2 Å². The van der Waals surface area contributed by atoms with Gasteiger partial charge in [0.1, 0.15) is 10.8 Å². The van der Waals surface area contributed by atoms with Gasteiger partial charge in [-0.2, -0.15) is 0 Å². The summed E-state index contributed by atoms with van der Waals surface area (Å²) >= 11 is 8.03. The molecular formula is C17H11Br2NO3S. The molecule has 0 amide bonds. The van der Waals surface area contributed by atoms with E-state index < -0.39 is 5.97 Å². The predicted octanol–water partition coefficient (Wildman–Crippen LogP) is 5.54. The van der Waals surface area contributed by atoms with Gasteiger partial charge in [-0.05, 0) is 73.3 Å². The lowest BCUT2D eigenvalue weighted by atomic mass is 10.1. The van der Waals surface area contributed by atoms with Crippen LogP contribution in [-0.4, -0.2) is 21.2 Å². The zero-order chi connectivity index (χ0) is 17.3. The Balaban J connectivity index is 2.10. The zero-order valence-corrected chi connectivity index (χ0v) is 16.2. The minimum atomic E-state index is -0.919. The van der Waals surface area contributed by atoms with E-state index in [0.717, 1.165) is 15.8 Å². The molecule has 7 heteroatoms. The molecule has 0 aliphatic heterocycles. The smallest absolute Gasteiger partial charge is 0.307 e. The Bertz CT molecular complexity index is 909. The Kier molecular flexibility index (Phi) is 5.03. The van der Waals surface area contributed by atoms with Crippen molar-refractivity contribution in [3.05, 3.63) is 55.9 Å². The normalized spacial score (nSPS) is 11.8. The third-order valence-corrected chi connectivity index (χ3v) is 5.61. The second kappa shape index (κ2) is 7.04. The summed E-state index contributed by atoms with van der Waals surface area (Å²) in [7, 11) is 0. The predicted molar refractivity (Wildman–Crippen MR) is 103 cm³/mol. The molecule has 0 bridgehead atoms. The van der Waals surface area contributed by atoms with E-state index in [1.807, 2.05) is 24.3 Å². The number of rotatable bonds is 4. The molecule has 122 valence electrons. The second-order valence-corrected chi connectivity index (χ2v) is 7.80. The van der Waals surface area contributed by atoms with Crippen LogP contribution in [0.2, 0.25) is 0 Å². The molecule has 1 aromatic heterocycles. The van der Waals surface area contributed by atoms with Gasteiger partial charge in [0.05, 0.1) is 25.6 Å². The van der Waals surface area contributed by atoms with Crippen molar-refractivity contribution in [2.75, 3.05) is 0 Å². The minimum absolute atomic E-state index is 0.104. The minimum Gasteiger partial charge on any atom is -0.506 e. The van der Waals surface area contributed by atoms with Crippen LogP contribution in [0.1, 0.15) is 17.0 Å². The molecular weight excluding hydrogens is 458 g/mol. The van der Waals surface area contributed by atoms with Crippen molar-refractivity contribution in [3.8, 4) is 5.75 Å². The van der Waals surface area contributed by atoms with Crippen LogP contribution in [0.5, 0.6) is 5.75 Å². The highest BCUT2D eigenvalue weighted by molar-refractivity contribution is 9.11. The van der Waals surface area contributed by atoms with E-state index in [4.69, 9.17) is 0 Å². The summed E-state index contributed by atoms with van der Waals surface area (Å²) in [5, 5.41) is 19.7. The summed E-state index contributed by atoms with van der Waals surface area (Å²) < 4.78 is 2.07. The molecule has 0 unspecified atom stereocenters. The molecule has 0 aliphatic carbocycles. The average molecular weight is 469 g/mol. The number of hydrogen-bond donors (Lipinski definition) is 2. The van der Waals surface area contributed by atoms with Gasteiger partial charge in [0.2, 0.25) is 0 Å². The Labute approximate surface area is 158 Å². The molecule has 0 aliphatic rings. The SMILES string of the molecule is O=C(O)C/C(=C\c1cc(Br)c(O)c(Br)c1)c1nc2ccccc2s1. The number of aromatic hydroxyl groups is 1. The number of aliphatic carboxylic acids is 1. The molecule has 3 rings (SSSR count). The topological polar surface area (TPSA) is 70.4 Å². The summed E-state index contributed by atoms with van der Waals surface area (Å²) in [4.78, 5) is 15.8. The maximum Gasteiger partial charge on any atom is 0.307 e. The zero-order valence-electron chi connectivity index (χ0n) is 12.2. The van der Waals surface area contributed by atoms with Gasteiger partial charge >= 0.3 is 5.97 Å². The van der Waals surface area contributed by atoms with Crippen LogP contribution in [-0.2, 0) is 4.79 Å². The van der Waals surface area contributed by atoms with Crippen molar-refractivity contribution in [2.45, 2.75) is 6.42 Å². The van der Waals surface area contributed by atoms with Crippen molar-refractivity contribution in [1.29, 1.82) is 0 Å². The number of nitrogens with zero attached hydrogens (tertiary/aromatic N) is 1. The number of carbonyl (C=O) groups is 1. The van der Waals surface area contributed by atoms with Crippen LogP contribution in [0.15, 0.2) is 45.3 Å². The molecule has 0 atom stereocenters. The summed E-state index contributed by atoms with van der Waals surface area (Å²) in [6.07, 6.45) is 1.65. The Morgan fingerprint density at radius 1 is 1.21 bits per heavy atom. The van der Waals surface area contributed by atoms with Gasteiger partial charge in [-0.15, -0.1) is 11.3 Å². The maximum atomic E-state index is 11.3. The molecule has 4 nitrogen and oxygen atoms in total. The fraction of sp³-hybridized carbons (Fsp3) is 0.0588. The van der Waals surface area contributed by atoms with E-state index in [1.165, 1.54) is 11.3 Å². The Hall–Kier alpha value is -1.70. The molecule has 1 heterocycles. The van der Waals surface area contributed by atoms with Crippen LogP contribution in [0, 0.1) is 0 Å². The molecule has 0 saturated carbocycles. The van der Waals surface area contributed by atoms with Gasteiger partial charge in [-0.3, -0.25) is 4.79 Å². The fourth-order valence-corrected chi connectivity index (χ4v) is 4.43. The third-order valence-electron chi connectivity index (χ3n) is 3.29. The number of carboxylic acids is 1. The van der Waals surface area contributed by atoms with Crippen LogP contribution in [0.4, 0.5) is 0 Å². The molecule has 0 fully saturated rings. The number of para-hydroxylation sites is 1. The van der Waals surface area contributed by atoms with Crippen molar-refractivity contribution >= 4 is 71.0 Å². The fourth-order valence-electron chi connectivity index (χ4n) is 2.23. The number of benzene rings is 2. The van der Waals surface area contributed by atoms with E-state index in [1.54, 1.807) is 18.2 Å². The molecule has 0 spiro atoms. The number of phenols is 1. The lowest BCUT2D eigenvalue weighted by Crippen LogP contribution is -1.97. The number of hydrogen-bond acceptors (Lipinski definition) is 4. The van der Waals surface area contributed by atoms with Gasteiger partial charge in [0.15, 0.2) is 0 Å².